The van der Waals surface area contributed by atoms with Crippen molar-refractivity contribution in [3.63, 3.8) is 0 Å². The van der Waals surface area contributed by atoms with E-state index in [1.165, 1.54) is 0 Å². The van der Waals surface area contributed by atoms with Gasteiger partial charge in [0.05, 0.1) is 5.56 Å². The van der Waals surface area contributed by atoms with E-state index in [9.17, 15) is 14.4 Å². The smallest absolute Gasteiger partial charge is 0.253 e. The molecule has 168 valence electrons. The van der Waals surface area contributed by atoms with E-state index in [2.05, 4.69) is 0 Å². The van der Waals surface area contributed by atoms with Crippen molar-refractivity contribution < 1.29 is 19.1 Å². The first-order chi connectivity index (χ1) is 15.5. The van der Waals surface area contributed by atoms with Gasteiger partial charge in [-0.3, -0.25) is 14.4 Å². The zero-order valence-electron chi connectivity index (χ0n) is 18.2. The predicted molar refractivity (Wildman–Crippen MR) is 120 cm³/mol. The molecule has 2 aliphatic rings. The zero-order valence-corrected chi connectivity index (χ0v) is 18.2. The largest absolute Gasteiger partial charge is 0.488 e. The minimum absolute atomic E-state index is 0.0441. The lowest BCUT2D eigenvalue weighted by molar-refractivity contribution is -0.136. The van der Waals surface area contributed by atoms with Crippen molar-refractivity contribution in [3.8, 4) is 5.75 Å². The van der Waals surface area contributed by atoms with Crippen LogP contribution in [-0.4, -0.2) is 53.7 Å². The van der Waals surface area contributed by atoms with Gasteiger partial charge in [0.25, 0.3) is 11.8 Å². The van der Waals surface area contributed by atoms with Crippen molar-refractivity contribution >= 4 is 17.7 Å². The lowest BCUT2D eigenvalue weighted by Gasteiger charge is -2.36. The molecule has 0 atom stereocenters. The third-order valence-corrected chi connectivity index (χ3v) is 6.30. The van der Waals surface area contributed by atoms with Crippen LogP contribution in [0, 0.1) is 5.92 Å². The fraction of sp³-hybridized carbons (Fsp3) is 0.400. The normalized spacial score (nSPS) is 16.8. The van der Waals surface area contributed by atoms with Gasteiger partial charge in [-0.05, 0) is 42.7 Å². The molecule has 1 aliphatic heterocycles. The van der Waals surface area contributed by atoms with Crippen LogP contribution < -0.4 is 10.5 Å². The van der Waals surface area contributed by atoms with Crippen molar-refractivity contribution in [1.82, 2.24) is 9.80 Å². The summed E-state index contributed by atoms with van der Waals surface area (Å²) in [6.07, 6.45) is 4.28. The number of primary amides is 1. The molecule has 4 rings (SSSR count). The quantitative estimate of drug-likeness (QED) is 0.755. The third kappa shape index (κ3) is 4.93. The molecule has 0 spiro atoms. The molecule has 7 nitrogen and oxygen atoms in total. The standard InChI is InChI=1S/C25H29N3O4/c26-23(29)21-10-3-4-11-22(21)32-17-18-6-5-9-20(16-18)25(31)28-14-12-27(13-15-28)24(30)19-7-1-2-8-19/h3-6,9-11,16,19H,1-2,7-8,12-15,17H2,(H2,26,29). The molecule has 2 aromatic rings. The number of hydrogen-bond acceptors (Lipinski definition) is 4. The van der Waals surface area contributed by atoms with Gasteiger partial charge in [0.2, 0.25) is 5.91 Å². The van der Waals surface area contributed by atoms with Crippen LogP contribution in [0.3, 0.4) is 0 Å². The Morgan fingerprint density at radius 2 is 1.59 bits per heavy atom. The second-order valence-corrected chi connectivity index (χ2v) is 8.45. The van der Waals surface area contributed by atoms with E-state index < -0.39 is 5.91 Å². The number of para-hydroxylation sites is 1. The number of amides is 3. The summed E-state index contributed by atoms with van der Waals surface area (Å²) in [5.74, 6) is 0.255. The summed E-state index contributed by atoms with van der Waals surface area (Å²) in [6.45, 7) is 2.49. The average molecular weight is 436 g/mol. The maximum Gasteiger partial charge on any atom is 0.253 e. The maximum atomic E-state index is 13.0. The monoisotopic (exact) mass is 435 g/mol. The fourth-order valence-corrected chi connectivity index (χ4v) is 4.49. The van der Waals surface area contributed by atoms with Gasteiger partial charge in [-0.15, -0.1) is 0 Å². The molecular formula is C25H29N3O4. The molecule has 3 amide bonds. The van der Waals surface area contributed by atoms with E-state index in [-0.39, 0.29) is 24.3 Å². The van der Waals surface area contributed by atoms with Gasteiger partial charge >= 0.3 is 0 Å². The highest BCUT2D eigenvalue weighted by atomic mass is 16.5. The minimum atomic E-state index is -0.546. The molecule has 0 unspecified atom stereocenters. The molecule has 0 radical (unpaired) electrons. The molecule has 0 bridgehead atoms. The third-order valence-electron chi connectivity index (χ3n) is 6.30. The van der Waals surface area contributed by atoms with E-state index in [1.54, 1.807) is 35.2 Å². The van der Waals surface area contributed by atoms with E-state index in [1.807, 2.05) is 23.1 Å². The SMILES string of the molecule is NC(=O)c1ccccc1OCc1cccc(C(=O)N2CCN(C(=O)C3CCCC3)CC2)c1. The lowest BCUT2D eigenvalue weighted by atomic mass is 10.1. The first-order valence-electron chi connectivity index (χ1n) is 11.2. The first-order valence-corrected chi connectivity index (χ1v) is 11.2. The van der Waals surface area contributed by atoms with E-state index in [0.29, 0.717) is 43.1 Å². The number of ether oxygens (including phenoxy) is 1. The zero-order chi connectivity index (χ0) is 22.5. The number of hydrogen-bond donors (Lipinski definition) is 1. The number of nitrogens with zero attached hydrogens (tertiary/aromatic N) is 2. The van der Waals surface area contributed by atoms with Crippen molar-refractivity contribution in [3.05, 3.63) is 65.2 Å². The maximum absolute atomic E-state index is 13.0. The summed E-state index contributed by atoms with van der Waals surface area (Å²) >= 11 is 0. The highest BCUT2D eigenvalue weighted by Crippen LogP contribution is 2.27. The first kappa shape index (κ1) is 21.9. The summed E-state index contributed by atoms with van der Waals surface area (Å²) in [4.78, 5) is 40.9. The molecule has 32 heavy (non-hydrogen) atoms. The highest BCUT2D eigenvalue weighted by molar-refractivity contribution is 5.95. The van der Waals surface area contributed by atoms with Crippen LogP contribution >= 0.6 is 0 Å². The van der Waals surface area contributed by atoms with E-state index in [4.69, 9.17) is 10.5 Å². The van der Waals surface area contributed by atoms with Gasteiger partial charge in [0, 0.05) is 37.7 Å². The second-order valence-electron chi connectivity index (χ2n) is 8.45. The van der Waals surface area contributed by atoms with Crippen LogP contribution in [-0.2, 0) is 11.4 Å². The van der Waals surface area contributed by atoms with Crippen LogP contribution in [0.1, 0.15) is 52.0 Å². The van der Waals surface area contributed by atoms with Crippen LogP contribution in [0.5, 0.6) is 5.75 Å². The molecule has 1 saturated heterocycles. The Labute approximate surface area is 188 Å². The van der Waals surface area contributed by atoms with Crippen LogP contribution in [0.4, 0.5) is 0 Å². The summed E-state index contributed by atoms with van der Waals surface area (Å²) < 4.78 is 5.78. The van der Waals surface area contributed by atoms with Gasteiger partial charge in [-0.1, -0.05) is 37.1 Å². The van der Waals surface area contributed by atoms with Gasteiger partial charge in [0.15, 0.2) is 0 Å². The van der Waals surface area contributed by atoms with Crippen molar-refractivity contribution in [1.29, 1.82) is 0 Å². The minimum Gasteiger partial charge on any atom is -0.488 e. The van der Waals surface area contributed by atoms with Gasteiger partial charge in [-0.2, -0.15) is 0 Å². The predicted octanol–water partition coefficient (Wildman–Crippen LogP) is 2.84. The van der Waals surface area contributed by atoms with Crippen molar-refractivity contribution in [2.45, 2.75) is 32.3 Å². The number of carbonyl (C=O) groups excluding carboxylic acids is 3. The summed E-state index contributed by atoms with van der Waals surface area (Å²) in [7, 11) is 0. The number of piperazine rings is 1. The summed E-state index contributed by atoms with van der Waals surface area (Å²) in [5, 5.41) is 0. The van der Waals surface area contributed by atoms with Gasteiger partial charge < -0.3 is 20.3 Å². The van der Waals surface area contributed by atoms with Crippen LogP contribution in [0.15, 0.2) is 48.5 Å². The Kier molecular flexibility index (Phi) is 6.73. The van der Waals surface area contributed by atoms with E-state index in [0.717, 1.165) is 31.2 Å². The topological polar surface area (TPSA) is 92.9 Å². The molecular weight excluding hydrogens is 406 g/mol. The van der Waals surface area contributed by atoms with Crippen molar-refractivity contribution in [2.75, 3.05) is 26.2 Å². The van der Waals surface area contributed by atoms with Crippen LogP contribution in [0.2, 0.25) is 0 Å². The Morgan fingerprint density at radius 3 is 2.31 bits per heavy atom. The second kappa shape index (κ2) is 9.85. The number of benzene rings is 2. The number of nitrogens with two attached hydrogens (primary N) is 1. The fourth-order valence-electron chi connectivity index (χ4n) is 4.49. The summed E-state index contributed by atoms with van der Waals surface area (Å²) in [5.41, 5.74) is 7.14. The lowest BCUT2D eigenvalue weighted by Crippen LogP contribution is -2.51. The van der Waals surface area contributed by atoms with E-state index >= 15 is 0 Å². The van der Waals surface area contributed by atoms with Crippen LogP contribution in [0.25, 0.3) is 0 Å². The Hall–Kier alpha value is -3.35. The molecule has 2 fully saturated rings. The summed E-state index contributed by atoms with van der Waals surface area (Å²) in [6, 6.07) is 14.1. The van der Waals surface area contributed by atoms with Crippen molar-refractivity contribution in [2.24, 2.45) is 11.7 Å². The number of rotatable bonds is 6. The molecule has 2 N–H and O–H groups in total. The molecule has 1 heterocycles. The van der Waals surface area contributed by atoms with Gasteiger partial charge in [-0.25, -0.2) is 0 Å². The molecule has 1 aliphatic carbocycles. The molecule has 0 aromatic heterocycles. The average Bonchev–Trinajstić information content (AvgIpc) is 3.37. The molecule has 2 aromatic carbocycles. The Morgan fingerprint density at radius 1 is 0.906 bits per heavy atom. The molecule has 1 saturated carbocycles. The Bertz CT molecular complexity index is 992. The highest BCUT2D eigenvalue weighted by Gasteiger charge is 2.30. The molecule has 7 heteroatoms. The van der Waals surface area contributed by atoms with Gasteiger partial charge in [0.1, 0.15) is 12.4 Å². The number of carbonyl (C=O) groups is 3. The Balaban J connectivity index is 1.35.